The largest absolute Gasteiger partial charge is 0.504 e. The van der Waals surface area contributed by atoms with Gasteiger partial charge in [-0.05, 0) is 23.8 Å². The summed E-state index contributed by atoms with van der Waals surface area (Å²) in [5.41, 5.74) is 2.95. The van der Waals surface area contributed by atoms with Crippen molar-refractivity contribution in [3.05, 3.63) is 65.9 Å². The molecular weight excluding hydrogens is 250 g/mol. The van der Waals surface area contributed by atoms with Gasteiger partial charge >= 0.3 is 0 Å². The summed E-state index contributed by atoms with van der Waals surface area (Å²) in [5.74, 6) is 0.705. The molecule has 1 aromatic heterocycles. The number of para-hydroxylation sites is 2. The van der Waals surface area contributed by atoms with Crippen LogP contribution in [0.15, 0.2) is 54.7 Å². The zero-order chi connectivity index (χ0) is 13.9. The van der Waals surface area contributed by atoms with Gasteiger partial charge in [-0.1, -0.05) is 30.3 Å². The standard InChI is InChI=1S/C17H15NO2/c1-20-16-8-4-5-13(17(16)19)11-12-9-10-18-15-7-3-2-6-14(12)15/h2-10,19H,11H2,1H3. The van der Waals surface area contributed by atoms with E-state index in [0.717, 1.165) is 22.0 Å². The number of aromatic hydroxyl groups is 1. The summed E-state index contributed by atoms with van der Waals surface area (Å²) in [7, 11) is 1.56. The van der Waals surface area contributed by atoms with Crippen LogP contribution in [0, 0.1) is 0 Å². The van der Waals surface area contributed by atoms with Crippen LogP contribution in [0.2, 0.25) is 0 Å². The Kier molecular flexibility index (Phi) is 3.25. The van der Waals surface area contributed by atoms with Gasteiger partial charge in [-0.25, -0.2) is 0 Å². The lowest BCUT2D eigenvalue weighted by atomic mass is 10.0. The van der Waals surface area contributed by atoms with Gasteiger partial charge in [0, 0.05) is 23.6 Å². The van der Waals surface area contributed by atoms with Gasteiger partial charge in [-0.15, -0.1) is 0 Å². The molecule has 1 heterocycles. The molecule has 2 aromatic carbocycles. The third kappa shape index (κ3) is 2.18. The maximum atomic E-state index is 10.2. The molecule has 0 amide bonds. The normalized spacial score (nSPS) is 10.7. The molecule has 3 nitrogen and oxygen atoms in total. The Morgan fingerprint density at radius 1 is 1.00 bits per heavy atom. The zero-order valence-corrected chi connectivity index (χ0v) is 11.2. The van der Waals surface area contributed by atoms with Crippen molar-refractivity contribution in [3.63, 3.8) is 0 Å². The maximum absolute atomic E-state index is 10.2. The highest BCUT2D eigenvalue weighted by molar-refractivity contribution is 5.82. The maximum Gasteiger partial charge on any atom is 0.161 e. The van der Waals surface area contributed by atoms with E-state index in [2.05, 4.69) is 11.1 Å². The van der Waals surface area contributed by atoms with Crippen molar-refractivity contribution in [1.82, 2.24) is 4.98 Å². The second-order valence-corrected chi connectivity index (χ2v) is 4.63. The van der Waals surface area contributed by atoms with Crippen LogP contribution in [-0.2, 0) is 6.42 Å². The van der Waals surface area contributed by atoms with E-state index >= 15 is 0 Å². The van der Waals surface area contributed by atoms with Crippen LogP contribution in [0.1, 0.15) is 11.1 Å². The molecule has 0 radical (unpaired) electrons. The van der Waals surface area contributed by atoms with Gasteiger partial charge in [0.2, 0.25) is 0 Å². The number of methoxy groups -OCH3 is 1. The van der Waals surface area contributed by atoms with Gasteiger partial charge in [0.05, 0.1) is 12.6 Å². The number of fused-ring (bicyclic) bond motifs is 1. The number of phenols is 1. The van der Waals surface area contributed by atoms with Gasteiger partial charge in [-0.3, -0.25) is 4.98 Å². The quantitative estimate of drug-likeness (QED) is 0.787. The molecule has 1 N–H and O–H groups in total. The Labute approximate surface area is 117 Å². The summed E-state index contributed by atoms with van der Waals surface area (Å²) < 4.78 is 5.15. The minimum atomic E-state index is 0.205. The van der Waals surface area contributed by atoms with Crippen molar-refractivity contribution in [2.75, 3.05) is 7.11 Å². The van der Waals surface area contributed by atoms with Crippen molar-refractivity contribution in [2.45, 2.75) is 6.42 Å². The van der Waals surface area contributed by atoms with Crippen LogP contribution >= 0.6 is 0 Å². The number of phenolic OH excluding ortho intramolecular Hbond substituents is 1. The van der Waals surface area contributed by atoms with Gasteiger partial charge in [0.15, 0.2) is 11.5 Å². The SMILES string of the molecule is COc1cccc(Cc2ccnc3ccccc23)c1O. The molecule has 0 aliphatic carbocycles. The monoisotopic (exact) mass is 265 g/mol. The number of benzene rings is 2. The summed E-state index contributed by atoms with van der Waals surface area (Å²) >= 11 is 0. The number of nitrogens with zero attached hydrogens (tertiary/aromatic N) is 1. The van der Waals surface area contributed by atoms with E-state index < -0.39 is 0 Å². The minimum absolute atomic E-state index is 0.205. The lowest BCUT2D eigenvalue weighted by Crippen LogP contribution is -1.93. The number of ether oxygens (including phenoxy) is 1. The Morgan fingerprint density at radius 2 is 1.85 bits per heavy atom. The molecule has 0 aliphatic rings. The van der Waals surface area contributed by atoms with Crippen LogP contribution in [-0.4, -0.2) is 17.2 Å². The van der Waals surface area contributed by atoms with E-state index in [1.165, 1.54) is 0 Å². The predicted molar refractivity (Wildman–Crippen MR) is 79.2 cm³/mol. The summed E-state index contributed by atoms with van der Waals surface area (Å²) in [6.45, 7) is 0. The van der Waals surface area contributed by atoms with Gasteiger partial charge in [0.1, 0.15) is 0 Å². The topological polar surface area (TPSA) is 42.4 Å². The fraction of sp³-hybridized carbons (Fsp3) is 0.118. The average Bonchev–Trinajstić information content (AvgIpc) is 2.50. The third-order valence-corrected chi connectivity index (χ3v) is 3.42. The van der Waals surface area contributed by atoms with Crippen LogP contribution in [0.5, 0.6) is 11.5 Å². The molecule has 100 valence electrons. The number of pyridine rings is 1. The molecule has 0 bridgehead atoms. The molecule has 0 fully saturated rings. The fourth-order valence-electron chi connectivity index (χ4n) is 2.39. The highest BCUT2D eigenvalue weighted by Crippen LogP contribution is 2.32. The number of hydrogen-bond donors (Lipinski definition) is 1. The van der Waals surface area contributed by atoms with E-state index in [1.54, 1.807) is 19.4 Å². The first-order valence-corrected chi connectivity index (χ1v) is 6.47. The average molecular weight is 265 g/mol. The van der Waals surface area contributed by atoms with Gasteiger partial charge in [0.25, 0.3) is 0 Å². The Morgan fingerprint density at radius 3 is 2.70 bits per heavy atom. The van der Waals surface area contributed by atoms with E-state index in [0.29, 0.717) is 12.2 Å². The van der Waals surface area contributed by atoms with Crippen molar-refractivity contribution in [1.29, 1.82) is 0 Å². The fourth-order valence-corrected chi connectivity index (χ4v) is 2.39. The smallest absolute Gasteiger partial charge is 0.161 e. The molecule has 3 aromatic rings. The molecule has 3 rings (SSSR count). The molecule has 0 atom stereocenters. The Balaban J connectivity index is 2.06. The number of rotatable bonds is 3. The highest BCUT2D eigenvalue weighted by Gasteiger charge is 2.09. The molecular formula is C17H15NO2. The summed E-state index contributed by atoms with van der Waals surface area (Å²) in [4.78, 5) is 4.35. The van der Waals surface area contributed by atoms with Crippen molar-refractivity contribution < 1.29 is 9.84 Å². The van der Waals surface area contributed by atoms with Crippen molar-refractivity contribution in [3.8, 4) is 11.5 Å². The molecule has 0 spiro atoms. The lowest BCUT2D eigenvalue weighted by molar-refractivity contribution is 0.371. The van der Waals surface area contributed by atoms with E-state index in [1.807, 2.05) is 36.4 Å². The van der Waals surface area contributed by atoms with E-state index in [9.17, 15) is 5.11 Å². The molecule has 3 heteroatoms. The lowest BCUT2D eigenvalue weighted by Gasteiger charge is -2.10. The molecule has 20 heavy (non-hydrogen) atoms. The molecule has 0 saturated carbocycles. The summed E-state index contributed by atoms with van der Waals surface area (Å²) in [6.07, 6.45) is 2.45. The van der Waals surface area contributed by atoms with Crippen LogP contribution in [0.4, 0.5) is 0 Å². The first kappa shape index (κ1) is 12.5. The summed E-state index contributed by atoms with van der Waals surface area (Å²) in [6, 6.07) is 15.6. The predicted octanol–water partition coefficient (Wildman–Crippen LogP) is 3.54. The van der Waals surface area contributed by atoms with Gasteiger partial charge < -0.3 is 9.84 Å². The van der Waals surface area contributed by atoms with Crippen LogP contribution in [0.25, 0.3) is 10.9 Å². The molecule has 0 unspecified atom stereocenters. The Bertz CT molecular complexity index is 748. The van der Waals surface area contributed by atoms with Crippen LogP contribution in [0.3, 0.4) is 0 Å². The minimum Gasteiger partial charge on any atom is -0.504 e. The number of aromatic nitrogens is 1. The molecule has 0 saturated heterocycles. The number of hydrogen-bond acceptors (Lipinski definition) is 3. The second-order valence-electron chi connectivity index (χ2n) is 4.63. The van der Waals surface area contributed by atoms with Gasteiger partial charge in [-0.2, -0.15) is 0 Å². The van der Waals surface area contributed by atoms with E-state index in [-0.39, 0.29) is 5.75 Å². The first-order chi connectivity index (χ1) is 9.79. The van der Waals surface area contributed by atoms with Crippen molar-refractivity contribution >= 4 is 10.9 Å². The highest BCUT2D eigenvalue weighted by atomic mass is 16.5. The Hall–Kier alpha value is -2.55. The third-order valence-electron chi connectivity index (χ3n) is 3.42. The van der Waals surface area contributed by atoms with E-state index in [4.69, 9.17) is 4.74 Å². The molecule has 0 aliphatic heterocycles. The second kappa shape index (κ2) is 5.21. The summed E-state index contributed by atoms with van der Waals surface area (Å²) in [5, 5.41) is 11.3. The first-order valence-electron chi connectivity index (χ1n) is 6.47. The zero-order valence-electron chi connectivity index (χ0n) is 11.2. The van der Waals surface area contributed by atoms with Crippen molar-refractivity contribution in [2.24, 2.45) is 0 Å². The van der Waals surface area contributed by atoms with Crippen LogP contribution < -0.4 is 4.74 Å².